The van der Waals surface area contributed by atoms with Crippen LogP contribution in [-0.2, 0) is 0 Å². The van der Waals surface area contributed by atoms with Crippen molar-refractivity contribution in [3.05, 3.63) is 57.9 Å². The Bertz CT molecular complexity index is 709. The van der Waals surface area contributed by atoms with Gasteiger partial charge in [0.2, 0.25) is 5.91 Å². The number of primary amides is 1. The van der Waals surface area contributed by atoms with Gasteiger partial charge in [-0.2, -0.15) is 0 Å². The molecular formula is C15H14ClN3O2. The molecule has 2 aromatic rings. The van der Waals surface area contributed by atoms with E-state index in [1.165, 1.54) is 6.07 Å². The summed E-state index contributed by atoms with van der Waals surface area (Å²) < 4.78 is 0. The first kappa shape index (κ1) is 15.0. The number of amides is 2. The molecule has 0 atom stereocenters. The Morgan fingerprint density at radius 2 is 1.95 bits per heavy atom. The van der Waals surface area contributed by atoms with Crippen molar-refractivity contribution in [1.82, 2.24) is 4.98 Å². The van der Waals surface area contributed by atoms with Gasteiger partial charge in [-0.05, 0) is 43.7 Å². The van der Waals surface area contributed by atoms with E-state index in [0.29, 0.717) is 28.1 Å². The van der Waals surface area contributed by atoms with Crippen LogP contribution >= 0.6 is 11.6 Å². The summed E-state index contributed by atoms with van der Waals surface area (Å²) >= 11 is 5.84. The fraction of sp³-hybridized carbons (Fsp3) is 0.133. The van der Waals surface area contributed by atoms with Crippen LogP contribution in [0.4, 0.5) is 5.69 Å². The first-order chi connectivity index (χ1) is 9.88. The zero-order valence-corrected chi connectivity index (χ0v) is 12.4. The minimum atomic E-state index is -0.536. The van der Waals surface area contributed by atoms with Crippen LogP contribution in [0.3, 0.4) is 0 Å². The quantitative estimate of drug-likeness (QED) is 0.855. The number of carbonyl (C=O) groups excluding carboxylic acids is 2. The highest BCUT2D eigenvalue weighted by atomic mass is 35.5. The number of hydrogen-bond donors (Lipinski definition) is 2. The highest BCUT2D eigenvalue weighted by molar-refractivity contribution is 6.29. The second-order valence-corrected chi connectivity index (χ2v) is 5.00. The van der Waals surface area contributed by atoms with Gasteiger partial charge >= 0.3 is 0 Å². The van der Waals surface area contributed by atoms with Crippen LogP contribution in [-0.4, -0.2) is 16.8 Å². The molecule has 0 aliphatic heterocycles. The van der Waals surface area contributed by atoms with Crippen LogP contribution in [0, 0.1) is 13.8 Å². The van der Waals surface area contributed by atoms with Crippen LogP contribution in [0.2, 0.25) is 5.15 Å². The van der Waals surface area contributed by atoms with Crippen molar-refractivity contribution >= 4 is 29.1 Å². The van der Waals surface area contributed by atoms with Crippen molar-refractivity contribution in [2.45, 2.75) is 13.8 Å². The fourth-order valence-corrected chi connectivity index (χ4v) is 2.24. The average molecular weight is 304 g/mol. The van der Waals surface area contributed by atoms with Crippen molar-refractivity contribution in [2.75, 3.05) is 5.32 Å². The minimum Gasteiger partial charge on any atom is -0.366 e. The average Bonchev–Trinajstić information content (AvgIpc) is 2.39. The van der Waals surface area contributed by atoms with Crippen molar-refractivity contribution in [2.24, 2.45) is 5.73 Å². The van der Waals surface area contributed by atoms with E-state index in [1.54, 1.807) is 38.1 Å². The smallest absolute Gasteiger partial charge is 0.255 e. The number of aryl methyl sites for hydroxylation is 1. The Labute approximate surface area is 127 Å². The fourth-order valence-electron chi connectivity index (χ4n) is 1.99. The molecular weight excluding hydrogens is 290 g/mol. The molecule has 1 aromatic heterocycles. The molecule has 3 N–H and O–H groups in total. The number of rotatable bonds is 3. The number of nitrogens with zero attached hydrogens (tertiary/aromatic N) is 1. The van der Waals surface area contributed by atoms with E-state index in [9.17, 15) is 9.59 Å². The maximum absolute atomic E-state index is 12.2. The van der Waals surface area contributed by atoms with Crippen LogP contribution in [0.15, 0.2) is 30.3 Å². The molecule has 108 valence electrons. The van der Waals surface area contributed by atoms with Gasteiger partial charge in [0.05, 0.1) is 0 Å². The largest absolute Gasteiger partial charge is 0.366 e. The molecule has 1 aromatic carbocycles. The monoisotopic (exact) mass is 303 g/mol. The van der Waals surface area contributed by atoms with Crippen molar-refractivity contribution in [3.8, 4) is 0 Å². The Balaban J connectivity index is 2.32. The Hall–Kier alpha value is -2.40. The Morgan fingerprint density at radius 3 is 2.57 bits per heavy atom. The molecule has 0 radical (unpaired) electrons. The van der Waals surface area contributed by atoms with E-state index in [0.717, 1.165) is 0 Å². The van der Waals surface area contributed by atoms with Gasteiger partial charge in [-0.3, -0.25) is 9.59 Å². The molecule has 2 amide bonds. The van der Waals surface area contributed by atoms with Gasteiger partial charge in [-0.15, -0.1) is 0 Å². The summed E-state index contributed by atoms with van der Waals surface area (Å²) in [7, 11) is 0. The molecule has 0 saturated heterocycles. The normalized spacial score (nSPS) is 10.2. The maximum atomic E-state index is 12.2. The molecule has 0 fully saturated rings. The molecule has 21 heavy (non-hydrogen) atoms. The third kappa shape index (κ3) is 3.38. The van der Waals surface area contributed by atoms with E-state index in [2.05, 4.69) is 10.3 Å². The molecule has 5 nitrogen and oxygen atoms in total. The maximum Gasteiger partial charge on any atom is 0.255 e. The molecule has 6 heteroatoms. The minimum absolute atomic E-state index is 0.253. The lowest BCUT2D eigenvalue weighted by Gasteiger charge is -2.11. The summed E-state index contributed by atoms with van der Waals surface area (Å²) in [5.41, 5.74) is 7.86. The summed E-state index contributed by atoms with van der Waals surface area (Å²) in [5.74, 6) is -0.862. The second kappa shape index (κ2) is 5.93. The third-order valence-electron chi connectivity index (χ3n) is 3.03. The number of aromatic nitrogens is 1. The highest BCUT2D eigenvalue weighted by Gasteiger charge is 2.13. The van der Waals surface area contributed by atoms with Crippen LogP contribution in [0.1, 0.15) is 32.0 Å². The lowest BCUT2D eigenvalue weighted by Crippen LogP contribution is -2.17. The molecule has 0 unspecified atom stereocenters. The number of hydrogen-bond acceptors (Lipinski definition) is 3. The zero-order valence-electron chi connectivity index (χ0n) is 11.6. The van der Waals surface area contributed by atoms with Gasteiger partial charge in [0.15, 0.2) is 0 Å². The summed E-state index contributed by atoms with van der Waals surface area (Å²) in [6, 6.07) is 8.09. The number of nitrogens with two attached hydrogens (primary N) is 1. The van der Waals surface area contributed by atoms with Crippen LogP contribution in [0.5, 0.6) is 0 Å². The van der Waals surface area contributed by atoms with Gasteiger partial charge in [-0.1, -0.05) is 17.7 Å². The van der Waals surface area contributed by atoms with Gasteiger partial charge in [-0.25, -0.2) is 4.98 Å². The number of halogens is 1. The summed E-state index contributed by atoms with van der Waals surface area (Å²) in [4.78, 5) is 27.5. The van der Waals surface area contributed by atoms with Crippen molar-refractivity contribution in [1.29, 1.82) is 0 Å². The van der Waals surface area contributed by atoms with Gasteiger partial charge in [0.25, 0.3) is 5.91 Å². The van der Waals surface area contributed by atoms with E-state index >= 15 is 0 Å². The first-order valence-corrected chi connectivity index (χ1v) is 6.61. The molecule has 1 heterocycles. The lowest BCUT2D eigenvalue weighted by molar-refractivity contribution is 0.0995. The van der Waals surface area contributed by atoms with E-state index < -0.39 is 5.91 Å². The van der Waals surface area contributed by atoms with Gasteiger partial charge in [0, 0.05) is 22.5 Å². The molecule has 0 aliphatic carbocycles. The number of anilines is 1. The predicted molar refractivity (Wildman–Crippen MR) is 81.6 cm³/mol. The second-order valence-electron chi connectivity index (χ2n) is 4.62. The standard InChI is InChI=1S/C15H14ClN3O2/c1-8-6-10(7-13(16)18-8)15(21)19-12-5-3-4-11(9(12)2)14(17)20/h3-7H,1-2H3,(H2,17,20)(H,19,21). The van der Waals surface area contributed by atoms with Gasteiger partial charge < -0.3 is 11.1 Å². The molecule has 2 rings (SSSR count). The first-order valence-electron chi connectivity index (χ1n) is 6.23. The predicted octanol–water partition coefficient (Wildman–Crippen LogP) is 2.70. The zero-order chi connectivity index (χ0) is 15.6. The van der Waals surface area contributed by atoms with Gasteiger partial charge in [0.1, 0.15) is 5.15 Å². The summed E-state index contributed by atoms with van der Waals surface area (Å²) in [6.45, 7) is 3.47. The van der Waals surface area contributed by atoms with Crippen LogP contribution in [0.25, 0.3) is 0 Å². The number of nitrogens with one attached hydrogen (secondary N) is 1. The number of carbonyl (C=O) groups is 2. The topological polar surface area (TPSA) is 85.1 Å². The van der Waals surface area contributed by atoms with E-state index in [4.69, 9.17) is 17.3 Å². The summed E-state index contributed by atoms with van der Waals surface area (Å²) in [5, 5.41) is 3.00. The SMILES string of the molecule is Cc1cc(C(=O)Nc2cccc(C(N)=O)c2C)cc(Cl)n1. The molecule has 0 aliphatic rings. The van der Waals surface area contributed by atoms with Crippen LogP contribution < -0.4 is 11.1 Å². The molecule has 0 bridgehead atoms. The number of benzene rings is 1. The van der Waals surface area contributed by atoms with E-state index in [-0.39, 0.29) is 11.1 Å². The highest BCUT2D eigenvalue weighted by Crippen LogP contribution is 2.20. The third-order valence-corrected chi connectivity index (χ3v) is 3.23. The van der Waals surface area contributed by atoms with Crippen molar-refractivity contribution < 1.29 is 9.59 Å². The molecule has 0 spiro atoms. The van der Waals surface area contributed by atoms with Crippen molar-refractivity contribution in [3.63, 3.8) is 0 Å². The van der Waals surface area contributed by atoms with E-state index in [1.807, 2.05) is 0 Å². The number of pyridine rings is 1. The lowest BCUT2D eigenvalue weighted by atomic mass is 10.1. The Morgan fingerprint density at radius 1 is 1.24 bits per heavy atom. The Kier molecular flexibility index (Phi) is 4.23. The summed E-state index contributed by atoms with van der Waals surface area (Å²) in [6.07, 6.45) is 0. The molecule has 0 saturated carbocycles.